The minimum Gasteiger partial charge on any atom is -0.384 e. The molecule has 0 atom stereocenters. The summed E-state index contributed by atoms with van der Waals surface area (Å²) in [5.41, 5.74) is 1.07. The van der Waals surface area contributed by atoms with Gasteiger partial charge in [-0.2, -0.15) is 0 Å². The van der Waals surface area contributed by atoms with Gasteiger partial charge in [-0.15, -0.1) is 0 Å². The monoisotopic (exact) mass is 212 g/mol. The van der Waals surface area contributed by atoms with E-state index in [1.165, 1.54) is 0 Å². The Kier molecular flexibility index (Phi) is 4.77. The Morgan fingerprint density at radius 2 is 2.07 bits per heavy atom. The van der Waals surface area contributed by atoms with Gasteiger partial charge in [-0.25, -0.2) is 0 Å². The SMILES string of the molecule is CC(C)NCCNc1cccc(Cl)c1. The average Bonchev–Trinajstić information content (AvgIpc) is 2.12. The lowest BCUT2D eigenvalue weighted by molar-refractivity contribution is 0.602. The fraction of sp³-hybridized carbons (Fsp3) is 0.455. The molecule has 0 aliphatic carbocycles. The minimum atomic E-state index is 0.538. The van der Waals surface area contributed by atoms with E-state index < -0.39 is 0 Å². The first kappa shape index (κ1) is 11.3. The Morgan fingerprint density at radius 1 is 1.29 bits per heavy atom. The maximum absolute atomic E-state index is 5.85. The molecule has 0 aliphatic rings. The zero-order valence-corrected chi connectivity index (χ0v) is 9.43. The van der Waals surface area contributed by atoms with Crippen LogP contribution in [0.2, 0.25) is 5.02 Å². The lowest BCUT2D eigenvalue weighted by Crippen LogP contribution is -2.28. The van der Waals surface area contributed by atoms with Crippen molar-refractivity contribution in [3.05, 3.63) is 29.3 Å². The molecule has 1 rings (SSSR count). The summed E-state index contributed by atoms with van der Waals surface area (Å²) in [6.45, 7) is 6.15. The van der Waals surface area contributed by atoms with Crippen molar-refractivity contribution in [1.29, 1.82) is 0 Å². The quantitative estimate of drug-likeness (QED) is 0.734. The van der Waals surface area contributed by atoms with Gasteiger partial charge in [-0.1, -0.05) is 31.5 Å². The van der Waals surface area contributed by atoms with Gasteiger partial charge in [0.2, 0.25) is 0 Å². The van der Waals surface area contributed by atoms with Gasteiger partial charge in [0.15, 0.2) is 0 Å². The van der Waals surface area contributed by atoms with Crippen LogP contribution in [0.4, 0.5) is 5.69 Å². The third-order valence-electron chi connectivity index (χ3n) is 1.83. The van der Waals surface area contributed by atoms with Crippen LogP contribution < -0.4 is 10.6 Å². The van der Waals surface area contributed by atoms with E-state index >= 15 is 0 Å². The first-order valence-electron chi connectivity index (χ1n) is 4.91. The number of rotatable bonds is 5. The van der Waals surface area contributed by atoms with Crippen LogP contribution in [0.1, 0.15) is 13.8 Å². The molecule has 0 heterocycles. The Hall–Kier alpha value is -0.730. The molecule has 14 heavy (non-hydrogen) atoms. The lowest BCUT2D eigenvalue weighted by atomic mass is 10.3. The van der Waals surface area contributed by atoms with Crippen molar-refractivity contribution in [3.63, 3.8) is 0 Å². The highest BCUT2D eigenvalue weighted by Gasteiger charge is 1.93. The molecule has 3 heteroatoms. The molecule has 0 saturated heterocycles. The van der Waals surface area contributed by atoms with Gasteiger partial charge in [-0.05, 0) is 18.2 Å². The van der Waals surface area contributed by atoms with E-state index in [1.807, 2.05) is 24.3 Å². The second-order valence-corrected chi connectivity index (χ2v) is 3.98. The third-order valence-corrected chi connectivity index (χ3v) is 2.07. The Bertz CT molecular complexity index is 274. The Balaban J connectivity index is 2.25. The normalized spacial score (nSPS) is 10.6. The van der Waals surface area contributed by atoms with E-state index in [9.17, 15) is 0 Å². The second-order valence-electron chi connectivity index (χ2n) is 3.55. The van der Waals surface area contributed by atoms with E-state index in [1.54, 1.807) is 0 Å². The molecular weight excluding hydrogens is 196 g/mol. The molecule has 2 N–H and O–H groups in total. The number of nitrogens with one attached hydrogen (secondary N) is 2. The molecule has 0 amide bonds. The van der Waals surface area contributed by atoms with Gasteiger partial charge >= 0.3 is 0 Å². The summed E-state index contributed by atoms with van der Waals surface area (Å²) < 4.78 is 0. The molecule has 1 aromatic carbocycles. The molecule has 0 spiro atoms. The summed E-state index contributed by atoms with van der Waals surface area (Å²) in [6, 6.07) is 8.30. The number of anilines is 1. The molecule has 0 aliphatic heterocycles. The van der Waals surface area contributed by atoms with Crippen LogP contribution in [0.25, 0.3) is 0 Å². The van der Waals surface area contributed by atoms with E-state index in [4.69, 9.17) is 11.6 Å². The third kappa shape index (κ3) is 4.49. The standard InChI is InChI=1S/C11H17ClN2/c1-9(2)13-6-7-14-11-5-3-4-10(12)8-11/h3-5,8-9,13-14H,6-7H2,1-2H3. The highest BCUT2D eigenvalue weighted by atomic mass is 35.5. The van der Waals surface area contributed by atoms with Crippen molar-refractivity contribution in [2.75, 3.05) is 18.4 Å². The summed E-state index contributed by atoms with van der Waals surface area (Å²) in [4.78, 5) is 0. The molecule has 0 fully saturated rings. The zero-order valence-electron chi connectivity index (χ0n) is 8.68. The van der Waals surface area contributed by atoms with Gasteiger partial charge in [0.05, 0.1) is 0 Å². The molecule has 0 aromatic heterocycles. The molecule has 0 bridgehead atoms. The van der Waals surface area contributed by atoms with Crippen molar-refractivity contribution < 1.29 is 0 Å². The van der Waals surface area contributed by atoms with Crippen LogP contribution in [0, 0.1) is 0 Å². The van der Waals surface area contributed by atoms with E-state index in [0.29, 0.717) is 6.04 Å². The molecule has 0 saturated carbocycles. The number of hydrogen-bond donors (Lipinski definition) is 2. The summed E-state index contributed by atoms with van der Waals surface area (Å²) in [7, 11) is 0. The average molecular weight is 213 g/mol. The summed E-state index contributed by atoms with van der Waals surface area (Å²) in [5.74, 6) is 0. The van der Waals surface area contributed by atoms with Crippen molar-refractivity contribution in [1.82, 2.24) is 5.32 Å². The van der Waals surface area contributed by atoms with Crippen LogP contribution >= 0.6 is 11.6 Å². The summed E-state index contributed by atoms with van der Waals surface area (Å²) >= 11 is 5.85. The van der Waals surface area contributed by atoms with Crippen molar-refractivity contribution in [2.24, 2.45) is 0 Å². The fourth-order valence-electron chi connectivity index (χ4n) is 1.17. The Labute approximate surface area is 90.7 Å². The van der Waals surface area contributed by atoms with Gasteiger partial charge in [0.1, 0.15) is 0 Å². The highest BCUT2D eigenvalue weighted by molar-refractivity contribution is 6.30. The molecule has 0 radical (unpaired) electrons. The van der Waals surface area contributed by atoms with Gasteiger partial charge in [0, 0.05) is 29.8 Å². The molecular formula is C11H17ClN2. The highest BCUT2D eigenvalue weighted by Crippen LogP contribution is 2.14. The zero-order chi connectivity index (χ0) is 10.4. The van der Waals surface area contributed by atoms with E-state index in [-0.39, 0.29) is 0 Å². The minimum absolute atomic E-state index is 0.538. The van der Waals surface area contributed by atoms with Crippen LogP contribution in [-0.2, 0) is 0 Å². The van der Waals surface area contributed by atoms with Gasteiger partial charge in [0.25, 0.3) is 0 Å². The first-order chi connectivity index (χ1) is 6.68. The van der Waals surface area contributed by atoms with Crippen LogP contribution in [0.5, 0.6) is 0 Å². The van der Waals surface area contributed by atoms with E-state index in [0.717, 1.165) is 23.8 Å². The first-order valence-corrected chi connectivity index (χ1v) is 5.29. The largest absolute Gasteiger partial charge is 0.384 e. The van der Waals surface area contributed by atoms with Crippen molar-refractivity contribution >= 4 is 17.3 Å². The molecule has 2 nitrogen and oxygen atoms in total. The molecule has 0 unspecified atom stereocenters. The smallest absolute Gasteiger partial charge is 0.0426 e. The van der Waals surface area contributed by atoms with Gasteiger partial charge < -0.3 is 10.6 Å². The molecule has 78 valence electrons. The van der Waals surface area contributed by atoms with Crippen LogP contribution in [0.3, 0.4) is 0 Å². The number of benzene rings is 1. The Morgan fingerprint density at radius 3 is 2.71 bits per heavy atom. The summed E-state index contributed by atoms with van der Waals surface area (Å²) in [5, 5.41) is 7.40. The number of hydrogen-bond acceptors (Lipinski definition) is 2. The summed E-state index contributed by atoms with van der Waals surface area (Å²) in [6.07, 6.45) is 0. The maximum Gasteiger partial charge on any atom is 0.0426 e. The molecule has 1 aromatic rings. The lowest BCUT2D eigenvalue weighted by Gasteiger charge is -2.09. The van der Waals surface area contributed by atoms with Crippen LogP contribution in [-0.4, -0.2) is 19.1 Å². The van der Waals surface area contributed by atoms with Gasteiger partial charge in [-0.3, -0.25) is 0 Å². The maximum atomic E-state index is 5.85. The van der Waals surface area contributed by atoms with Crippen molar-refractivity contribution in [2.45, 2.75) is 19.9 Å². The second kappa shape index (κ2) is 5.89. The number of halogens is 1. The predicted molar refractivity (Wildman–Crippen MR) is 63.1 cm³/mol. The topological polar surface area (TPSA) is 24.1 Å². The fourth-order valence-corrected chi connectivity index (χ4v) is 1.36. The van der Waals surface area contributed by atoms with E-state index in [2.05, 4.69) is 24.5 Å². The van der Waals surface area contributed by atoms with Crippen LogP contribution in [0.15, 0.2) is 24.3 Å². The van der Waals surface area contributed by atoms with Crippen molar-refractivity contribution in [3.8, 4) is 0 Å². The predicted octanol–water partition coefficient (Wildman–Crippen LogP) is 2.75.